The first-order chi connectivity index (χ1) is 8.52. The van der Waals surface area contributed by atoms with Crippen molar-refractivity contribution in [3.05, 3.63) is 0 Å². The zero-order chi connectivity index (χ0) is 14.5. The molecule has 2 nitrogen and oxygen atoms in total. The molecule has 0 bridgehead atoms. The third-order valence-corrected chi connectivity index (χ3v) is 5.13. The lowest BCUT2D eigenvalue weighted by atomic mass is 9.73. The zero-order valence-electron chi connectivity index (χ0n) is 13.6. The largest absolute Gasteiger partial charge is 0.297 e. The maximum Gasteiger partial charge on any atom is 0.125 e. The van der Waals surface area contributed by atoms with Crippen LogP contribution < -0.4 is 0 Å². The fraction of sp³-hybridized carbons (Fsp3) is 1.00. The van der Waals surface area contributed by atoms with Crippen LogP contribution in [0.25, 0.3) is 0 Å². The van der Waals surface area contributed by atoms with Crippen molar-refractivity contribution in [3.63, 3.8) is 0 Å². The van der Waals surface area contributed by atoms with Crippen LogP contribution in [-0.4, -0.2) is 53.2 Å². The minimum absolute atomic E-state index is 0.160. The summed E-state index contributed by atoms with van der Waals surface area (Å²) in [6, 6.07) is 0. The number of alkyl halides is 1. The molecule has 3 heteroatoms. The third kappa shape index (κ3) is 3.30. The van der Waals surface area contributed by atoms with Gasteiger partial charge >= 0.3 is 0 Å². The van der Waals surface area contributed by atoms with E-state index in [1.54, 1.807) is 0 Å². The summed E-state index contributed by atoms with van der Waals surface area (Å²) >= 11 is 0. The molecule has 0 radical (unpaired) electrons. The van der Waals surface area contributed by atoms with Gasteiger partial charge in [0.1, 0.15) is 6.17 Å². The number of likely N-dealkylation sites (tertiary alicyclic amines) is 2. The van der Waals surface area contributed by atoms with Crippen LogP contribution in [0.5, 0.6) is 0 Å². The van der Waals surface area contributed by atoms with E-state index in [0.717, 1.165) is 0 Å². The van der Waals surface area contributed by atoms with E-state index < -0.39 is 6.17 Å². The molecule has 0 unspecified atom stereocenters. The molecule has 0 aromatic carbocycles. The number of hydrogen-bond donors (Lipinski definition) is 0. The number of rotatable bonds is 4. The monoisotopic (exact) mass is 270 g/mol. The minimum atomic E-state index is -0.588. The highest BCUT2D eigenvalue weighted by Gasteiger charge is 2.45. The first kappa shape index (κ1) is 15.2. The Bertz CT molecular complexity index is 320. The lowest BCUT2D eigenvalue weighted by Crippen LogP contribution is -2.63. The molecule has 0 aromatic rings. The average Bonchev–Trinajstić information content (AvgIpc) is 2.16. The Morgan fingerprint density at radius 3 is 2.00 bits per heavy atom. The Morgan fingerprint density at radius 1 is 1.05 bits per heavy atom. The quantitative estimate of drug-likeness (QED) is 0.773. The summed E-state index contributed by atoms with van der Waals surface area (Å²) in [5, 5.41) is 0. The molecule has 2 aliphatic rings. The van der Waals surface area contributed by atoms with Gasteiger partial charge in [0.25, 0.3) is 0 Å². The molecular weight excluding hydrogens is 239 g/mol. The molecule has 2 rings (SSSR count). The van der Waals surface area contributed by atoms with Gasteiger partial charge in [-0.2, -0.15) is 0 Å². The van der Waals surface area contributed by atoms with Crippen LogP contribution in [0.3, 0.4) is 0 Å². The van der Waals surface area contributed by atoms with Crippen LogP contribution in [0.15, 0.2) is 0 Å². The lowest BCUT2D eigenvalue weighted by Gasteiger charge is -2.56. The predicted molar refractivity (Wildman–Crippen MR) is 79.2 cm³/mol. The summed E-state index contributed by atoms with van der Waals surface area (Å²) < 4.78 is 13.0. The van der Waals surface area contributed by atoms with Crippen LogP contribution >= 0.6 is 0 Å². The van der Waals surface area contributed by atoms with Gasteiger partial charge in [0.2, 0.25) is 0 Å². The van der Waals surface area contributed by atoms with Crippen molar-refractivity contribution >= 4 is 0 Å². The molecule has 2 saturated heterocycles. The molecule has 0 amide bonds. The SMILES string of the molecule is CC1(CCC(C)(C)N2CC(F)C2)CN(C(C)(C)C)C1. The second-order valence-corrected chi connectivity index (χ2v) is 8.65. The van der Waals surface area contributed by atoms with Crippen molar-refractivity contribution in [2.75, 3.05) is 26.2 Å². The summed E-state index contributed by atoms with van der Waals surface area (Å²) in [6.45, 7) is 17.5. The fourth-order valence-electron chi connectivity index (χ4n) is 3.19. The first-order valence-corrected chi connectivity index (χ1v) is 7.66. The maximum absolute atomic E-state index is 13.0. The molecule has 0 aliphatic carbocycles. The van der Waals surface area contributed by atoms with E-state index in [0.29, 0.717) is 24.0 Å². The standard InChI is InChI=1S/C16H31FN2/c1-14(2,3)19-11-16(6,12-19)8-7-15(4,5)18-9-13(17)10-18/h13H,7-12H2,1-6H3. The predicted octanol–water partition coefficient (Wildman–Crippen LogP) is 3.32. The highest BCUT2D eigenvalue weighted by Crippen LogP contribution is 2.41. The van der Waals surface area contributed by atoms with Crippen LogP contribution in [0, 0.1) is 5.41 Å². The van der Waals surface area contributed by atoms with Gasteiger partial charge < -0.3 is 0 Å². The van der Waals surface area contributed by atoms with E-state index in [4.69, 9.17) is 0 Å². The molecular formula is C16H31FN2. The molecule has 2 aliphatic heterocycles. The van der Waals surface area contributed by atoms with Gasteiger partial charge in [0, 0.05) is 37.3 Å². The molecule has 2 heterocycles. The Morgan fingerprint density at radius 2 is 1.58 bits per heavy atom. The average molecular weight is 270 g/mol. The third-order valence-electron chi connectivity index (χ3n) is 5.13. The maximum atomic E-state index is 13.0. The summed E-state index contributed by atoms with van der Waals surface area (Å²) in [6.07, 6.45) is 1.84. The van der Waals surface area contributed by atoms with E-state index in [9.17, 15) is 4.39 Å². The van der Waals surface area contributed by atoms with Crippen LogP contribution in [0.1, 0.15) is 54.4 Å². The van der Waals surface area contributed by atoms with Gasteiger partial charge in [-0.1, -0.05) is 6.92 Å². The van der Waals surface area contributed by atoms with Crippen molar-refractivity contribution in [2.24, 2.45) is 5.41 Å². The topological polar surface area (TPSA) is 6.48 Å². The van der Waals surface area contributed by atoms with E-state index in [1.807, 2.05) is 0 Å². The number of halogens is 1. The van der Waals surface area contributed by atoms with Crippen molar-refractivity contribution in [1.82, 2.24) is 9.80 Å². The highest BCUT2D eigenvalue weighted by molar-refractivity contribution is 4.99. The fourth-order valence-corrected chi connectivity index (χ4v) is 3.19. The summed E-state index contributed by atoms with van der Waals surface area (Å²) in [5.41, 5.74) is 0.923. The second kappa shape index (κ2) is 4.70. The number of nitrogens with zero attached hydrogens (tertiary/aromatic N) is 2. The first-order valence-electron chi connectivity index (χ1n) is 7.66. The molecule has 0 atom stereocenters. The zero-order valence-corrected chi connectivity index (χ0v) is 13.6. The van der Waals surface area contributed by atoms with Crippen LogP contribution in [-0.2, 0) is 0 Å². The summed E-state index contributed by atoms with van der Waals surface area (Å²) in [7, 11) is 0. The molecule has 112 valence electrons. The van der Waals surface area contributed by atoms with Gasteiger partial charge in [-0.05, 0) is 52.9 Å². The van der Waals surface area contributed by atoms with Crippen molar-refractivity contribution < 1.29 is 4.39 Å². The van der Waals surface area contributed by atoms with Crippen LogP contribution in [0.2, 0.25) is 0 Å². The molecule has 0 aromatic heterocycles. The van der Waals surface area contributed by atoms with Gasteiger partial charge in [-0.15, -0.1) is 0 Å². The summed E-state index contributed by atoms with van der Waals surface area (Å²) in [5.74, 6) is 0. The Balaban J connectivity index is 1.77. The molecule has 0 spiro atoms. The van der Waals surface area contributed by atoms with Crippen LogP contribution in [0.4, 0.5) is 4.39 Å². The minimum Gasteiger partial charge on any atom is -0.297 e. The second-order valence-electron chi connectivity index (χ2n) is 8.65. The Labute approximate surface area is 118 Å². The number of hydrogen-bond acceptors (Lipinski definition) is 2. The lowest BCUT2D eigenvalue weighted by molar-refractivity contribution is -0.0695. The van der Waals surface area contributed by atoms with E-state index >= 15 is 0 Å². The van der Waals surface area contributed by atoms with Gasteiger partial charge in [-0.3, -0.25) is 9.80 Å². The Kier molecular flexibility index (Phi) is 3.77. The molecule has 19 heavy (non-hydrogen) atoms. The van der Waals surface area contributed by atoms with Gasteiger partial charge in [0.05, 0.1) is 0 Å². The highest BCUT2D eigenvalue weighted by atomic mass is 19.1. The molecule has 0 saturated carbocycles. The van der Waals surface area contributed by atoms with Crippen molar-refractivity contribution in [2.45, 2.75) is 71.6 Å². The van der Waals surface area contributed by atoms with Crippen molar-refractivity contribution in [1.29, 1.82) is 0 Å². The van der Waals surface area contributed by atoms with E-state index in [-0.39, 0.29) is 5.54 Å². The normalized spacial score (nSPS) is 26.1. The Hall–Kier alpha value is -0.150. The van der Waals surface area contributed by atoms with Gasteiger partial charge in [0.15, 0.2) is 0 Å². The smallest absolute Gasteiger partial charge is 0.125 e. The van der Waals surface area contributed by atoms with E-state index in [1.165, 1.54) is 25.9 Å². The molecule has 2 fully saturated rings. The van der Waals surface area contributed by atoms with E-state index in [2.05, 4.69) is 51.3 Å². The van der Waals surface area contributed by atoms with Gasteiger partial charge in [-0.25, -0.2) is 4.39 Å². The summed E-state index contributed by atoms with van der Waals surface area (Å²) in [4.78, 5) is 4.85. The van der Waals surface area contributed by atoms with Crippen molar-refractivity contribution in [3.8, 4) is 0 Å². The molecule has 0 N–H and O–H groups in total.